The molecule has 1 heterocycles. The van der Waals surface area contributed by atoms with Crippen LogP contribution in [0.1, 0.15) is 28.4 Å². The molecule has 0 saturated heterocycles. The van der Waals surface area contributed by atoms with Gasteiger partial charge in [0.15, 0.2) is 17.2 Å². The Balaban J connectivity index is 1.40. The van der Waals surface area contributed by atoms with E-state index < -0.39 is 11.9 Å². The highest BCUT2D eigenvalue weighted by molar-refractivity contribution is 14.1. The SMILES string of the molecule is CCOc1cc(/C=C2\N=C(c3ccc(-c4ccccc4)cc3)OC2=O)cc(I)c1OC(=O)c1ccccc1. The van der Waals surface area contributed by atoms with Crippen molar-refractivity contribution < 1.29 is 23.8 Å². The van der Waals surface area contributed by atoms with Crippen LogP contribution in [0, 0.1) is 3.57 Å². The molecule has 0 N–H and O–H groups in total. The molecule has 0 radical (unpaired) electrons. The minimum absolute atomic E-state index is 0.166. The lowest BCUT2D eigenvalue weighted by Crippen LogP contribution is -2.10. The van der Waals surface area contributed by atoms with Gasteiger partial charge in [0.2, 0.25) is 5.90 Å². The molecule has 5 rings (SSSR count). The Bertz CT molecular complexity index is 1540. The summed E-state index contributed by atoms with van der Waals surface area (Å²) < 4.78 is 17.5. The molecule has 0 unspecified atom stereocenters. The van der Waals surface area contributed by atoms with Gasteiger partial charge in [0, 0.05) is 5.56 Å². The van der Waals surface area contributed by atoms with Gasteiger partial charge in [-0.2, -0.15) is 0 Å². The number of carbonyl (C=O) groups excluding carboxylic acids is 2. The van der Waals surface area contributed by atoms with Gasteiger partial charge in [0.25, 0.3) is 0 Å². The van der Waals surface area contributed by atoms with Crippen molar-refractivity contribution in [3.05, 3.63) is 123 Å². The summed E-state index contributed by atoms with van der Waals surface area (Å²) in [7, 11) is 0. The molecule has 0 fully saturated rings. The molecule has 4 aromatic carbocycles. The summed E-state index contributed by atoms with van der Waals surface area (Å²) in [4.78, 5) is 29.7. The second-order valence-electron chi connectivity index (χ2n) is 8.30. The molecule has 1 aliphatic rings. The highest BCUT2D eigenvalue weighted by Crippen LogP contribution is 2.36. The third-order valence-electron chi connectivity index (χ3n) is 5.70. The normalized spacial score (nSPS) is 13.7. The van der Waals surface area contributed by atoms with Crippen molar-refractivity contribution in [3.63, 3.8) is 0 Å². The Kier molecular flexibility index (Phi) is 7.65. The first-order chi connectivity index (χ1) is 18.5. The average molecular weight is 615 g/mol. The minimum Gasteiger partial charge on any atom is -0.490 e. The summed E-state index contributed by atoms with van der Waals surface area (Å²) in [6.45, 7) is 2.21. The van der Waals surface area contributed by atoms with Crippen molar-refractivity contribution >= 4 is 46.5 Å². The van der Waals surface area contributed by atoms with Gasteiger partial charge in [0.1, 0.15) is 0 Å². The first kappa shape index (κ1) is 25.4. The highest BCUT2D eigenvalue weighted by atomic mass is 127. The number of aliphatic imine (C=N–C) groups is 1. The first-order valence-electron chi connectivity index (χ1n) is 11.9. The largest absolute Gasteiger partial charge is 0.490 e. The van der Waals surface area contributed by atoms with Crippen LogP contribution in [0.15, 0.2) is 108 Å². The van der Waals surface area contributed by atoms with Gasteiger partial charge in [-0.05, 0) is 88.7 Å². The van der Waals surface area contributed by atoms with Crippen LogP contribution < -0.4 is 9.47 Å². The number of esters is 2. The maximum atomic E-state index is 12.6. The van der Waals surface area contributed by atoms with E-state index in [0.29, 0.717) is 38.4 Å². The van der Waals surface area contributed by atoms with E-state index in [2.05, 4.69) is 27.6 Å². The summed E-state index contributed by atoms with van der Waals surface area (Å²) in [6, 6.07) is 30.0. The highest BCUT2D eigenvalue weighted by Gasteiger charge is 2.25. The molecule has 4 aromatic rings. The topological polar surface area (TPSA) is 74.2 Å². The van der Waals surface area contributed by atoms with Crippen LogP contribution in [0.25, 0.3) is 17.2 Å². The van der Waals surface area contributed by atoms with E-state index >= 15 is 0 Å². The number of rotatable bonds is 7. The van der Waals surface area contributed by atoms with Gasteiger partial charge in [-0.15, -0.1) is 0 Å². The number of ether oxygens (including phenoxy) is 3. The number of halogens is 1. The Labute approximate surface area is 233 Å². The number of carbonyl (C=O) groups is 2. The van der Waals surface area contributed by atoms with Crippen LogP contribution in [0.2, 0.25) is 0 Å². The van der Waals surface area contributed by atoms with Crippen molar-refractivity contribution in [1.29, 1.82) is 0 Å². The van der Waals surface area contributed by atoms with Gasteiger partial charge in [-0.1, -0.05) is 60.7 Å². The zero-order valence-corrected chi connectivity index (χ0v) is 22.5. The van der Waals surface area contributed by atoms with Crippen molar-refractivity contribution in [3.8, 4) is 22.6 Å². The van der Waals surface area contributed by atoms with Crippen molar-refractivity contribution in [1.82, 2.24) is 0 Å². The van der Waals surface area contributed by atoms with Gasteiger partial charge in [-0.25, -0.2) is 14.6 Å². The zero-order chi connectivity index (χ0) is 26.5. The summed E-state index contributed by atoms with van der Waals surface area (Å²) >= 11 is 2.08. The number of cyclic esters (lactones) is 1. The lowest BCUT2D eigenvalue weighted by atomic mass is 10.0. The Hall–Kier alpha value is -4.24. The first-order valence-corrected chi connectivity index (χ1v) is 13.0. The minimum atomic E-state index is -0.542. The van der Waals surface area contributed by atoms with E-state index in [-0.39, 0.29) is 11.6 Å². The molecular weight excluding hydrogens is 593 g/mol. The smallest absolute Gasteiger partial charge is 0.363 e. The van der Waals surface area contributed by atoms with Crippen molar-refractivity contribution in [2.24, 2.45) is 4.99 Å². The lowest BCUT2D eigenvalue weighted by Gasteiger charge is -2.13. The van der Waals surface area contributed by atoms with Crippen LogP contribution in [-0.4, -0.2) is 24.4 Å². The summed E-state index contributed by atoms with van der Waals surface area (Å²) in [6.07, 6.45) is 1.63. The fourth-order valence-electron chi connectivity index (χ4n) is 3.89. The summed E-state index contributed by atoms with van der Waals surface area (Å²) in [5.74, 6) is -0.0705. The van der Waals surface area contributed by atoms with Crippen LogP contribution in [0.3, 0.4) is 0 Å². The van der Waals surface area contributed by atoms with Crippen molar-refractivity contribution in [2.45, 2.75) is 6.92 Å². The standard InChI is InChI=1S/C31H22INO5/c1-2-36-27-19-20(17-25(32)28(27)37-30(34)24-11-7-4-8-12-24)18-26-31(35)38-29(33-26)23-15-13-22(14-16-23)21-9-5-3-6-10-21/h3-19H,2H2,1H3/b26-18-. The number of hydrogen-bond acceptors (Lipinski definition) is 6. The number of benzene rings is 4. The molecule has 6 nitrogen and oxygen atoms in total. The van der Waals surface area contributed by atoms with Gasteiger partial charge in [-0.3, -0.25) is 0 Å². The van der Waals surface area contributed by atoms with E-state index in [4.69, 9.17) is 14.2 Å². The van der Waals surface area contributed by atoms with E-state index in [0.717, 1.165) is 11.1 Å². The Morgan fingerprint density at radius 2 is 1.53 bits per heavy atom. The monoisotopic (exact) mass is 615 g/mol. The quantitative estimate of drug-likeness (QED) is 0.0977. The van der Waals surface area contributed by atoms with Crippen LogP contribution >= 0.6 is 22.6 Å². The predicted molar refractivity (Wildman–Crippen MR) is 154 cm³/mol. The molecule has 38 heavy (non-hydrogen) atoms. The van der Waals surface area contributed by atoms with E-state index in [9.17, 15) is 9.59 Å². The van der Waals surface area contributed by atoms with Crippen LogP contribution in [0.5, 0.6) is 11.5 Å². The van der Waals surface area contributed by atoms with Gasteiger partial charge in [0.05, 0.1) is 15.7 Å². The molecule has 0 saturated carbocycles. The van der Waals surface area contributed by atoms with Gasteiger partial charge < -0.3 is 14.2 Å². The van der Waals surface area contributed by atoms with Crippen molar-refractivity contribution in [2.75, 3.05) is 6.61 Å². The van der Waals surface area contributed by atoms with Gasteiger partial charge >= 0.3 is 11.9 Å². The lowest BCUT2D eigenvalue weighted by molar-refractivity contribution is -0.129. The zero-order valence-electron chi connectivity index (χ0n) is 20.4. The fraction of sp³-hybridized carbons (Fsp3) is 0.0645. The molecule has 0 aromatic heterocycles. The third kappa shape index (κ3) is 5.68. The molecule has 0 spiro atoms. The summed E-state index contributed by atoms with van der Waals surface area (Å²) in [5, 5.41) is 0. The molecule has 188 valence electrons. The molecule has 0 amide bonds. The Morgan fingerprint density at radius 3 is 2.21 bits per heavy atom. The molecular formula is C31H22INO5. The van der Waals surface area contributed by atoms with E-state index in [1.807, 2.05) is 67.6 Å². The Morgan fingerprint density at radius 1 is 0.895 bits per heavy atom. The average Bonchev–Trinajstić information content (AvgIpc) is 3.31. The molecule has 1 aliphatic heterocycles. The molecule has 0 atom stereocenters. The fourth-order valence-corrected chi connectivity index (χ4v) is 4.62. The second-order valence-corrected chi connectivity index (χ2v) is 9.46. The maximum absolute atomic E-state index is 12.6. The maximum Gasteiger partial charge on any atom is 0.363 e. The molecule has 0 bridgehead atoms. The summed E-state index contributed by atoms with van der Waals surface area (Å²) in [5.41, 5.74) is 4.12. The predicted octanol–water partition coefficient (Wildman–Crippen LogP) is 6.92. The van der Waals surface area contributed by atoms with Crippen LogP contribution in [0.4, 0.5) is 0 Å². The van der Waals surface area contributed by atoms with Crippen LogP contribution in [-0.2, 0) is 9.53 Å². The number of hydrogen-bond donors (Lipinski definition) is 0. The number of nitrogens with zero attached hydrogens (tertiary/aromatic N) is 1. The molecule has 7 heteroatoms. The molecule has 0 aliphatic carbocycles. The van der Waals surface area contributed by atoms with E-state index in [1.54, 1.807) is 42.5 Å². The second kappa shape index (κ2) is 11.4. The van der Waals surface area contributed by atoms with E-state index in [1.165, 1.54) is 0 Å². The third-order valence-corrected chi connectivity index (χ3v) is 6.50.